The molecule has 0 spiro atoms. The van der Waals surface area contributed by atoms with E-state index in [9.17, 15) is 4.79 Å². The summed E-state index contributed by atoms with van der Waals surface area (Å²) in [5.41, 5.74) is -0.622. The van der Waals surface area contributed by atoms with E-state index in [1.807, 2.05) is 6.92 Å². The maximum Gasteiger partial charge on any atom is 0.327 e. The fourth-order valence-corrected chi connectivity index (χ4v) is 2.97. The largest absolute Gasteiger partial charge is 0.468 e. The van der Waals surface area contributed by atoms with Crippen LogP contribution in [-0.2, 0) is 9.53 Å². The summed E-state index contributed by atoms with van der Waals surface area (Å²) in [5, 5.41) is 3.36. The number of carbonyl (C=O) groups is 1. The minimum Gasteiger partial charge on any atom is -0.468 e. The first-order valence-electron chi connectivity index (χ1n) is 7.37. The number of carbonyl (C=O) groups excluding carboxylic acids is 1. The highest BCUT2D eigenvalue weighted by Crippen LogP contribution is 2.24. The number of piperidine rings is 1. The lowest BCUT2D eigenvalue weighted by Gasteiger charge is -2.40. The molecule has 19 heavy (non-hydrogen) atoms. The summed E-state index contributed by atoms with van der Waals surface area (Å²) in [4.78, 5) is 14.5. The van der Waals surface area contributed by atoms with E-state index in [1.165, 1.54) is 13.5 Å². The van der Waals surface area contributed by atoms with Crippen LogP contribution in [0.1, 0.15) is 41.0 Å². The van der Waals surface area contributed by atoms with E-state index in [4.69, 9.17) is 4.74 Å². The monoisotopic (exact) mass is 270 g/mol. The molecule has 3 unspecified atom stereocenters. The highest BCUT2D eigenvalue weighted by Gasteiger charge is 2.38. The summed E-state index contributed by atoms with van der Waals surface area (Å²) in [6.45, 7) is 13.5. The van der Waals surface area contributed by atoms with E-state index < -0.39 is 5.54 Å². The second-order valence-electron chi connectivity index (χ2n) is 6.60. The molecule has 112 valence electrons. The average molecular weight is 270 g/mol. The van der Waals surface area contributed by atoms with Crippen LogP contribution in [0.4, 0.5) is 0 Å². The first kappa shape index (κ1) is 16.4. The van der Waals surface area contributed by atoms with Gasteiger partial charge in [0.25, 0.3) is 0 Å². The summed E-state index contributed by atoms with van der Waals surface area (Å²) in [7, 11) is 1.46. The zero-order valence-electron chi connectivity index (χ0n) is 13.3. The predicted octanol–water partition coefficient (Wildman–Crippen LogP) is 1.89. The Hall–Kier alpha value is -0.610. The Morgan fingerprint density at radius 2 is 2.05 bits per heavy atom. The van der Waals surface area contributed by atoms with Crippen LogP contribution in [0.3, 0.4) is 0 Å². The van der Waals surface area contributed by atoms with E-state index in [2.05, 4.69) is 37.9 Å². The molecular formula is C15H30N2O2. The standard InChI is InChI=1S/C15H30N2O2/c1-11(2)16-15(5,14(18)19-6)10-17-8-7-12(3)13(4)9-17/h11-13,16H,7-10H2,1-6H3. The Labute approximate surface area is 117 Å². The number of nitrogens with one attached hydrogen (secondary N) is 1. The third kappa shape index (κ3) is 4.46. The molecule has 1 saturated heterocycles. The van der Waals surface area contributed by atoms with Crippen molar-refractivity contribution in [2.24, 2.45) is 11.8 Å². The summed E-state index contributed by atoms with van der Waals surface area (Å²) >= 11 is 0. The lowest BCUT2D eigenvalue weighted by atomic mass is 9.87. The normalized spacial score (nSPS) is 28.2. The highest BCUT2D eigenvalue weighted by molar-refractivity contribution is 5.80. The molecule has 0 aliphatic carbocycles. The number of methoxy groups -OCH3 is 1. The van der Waals surface area contributed by atoms with Gasteiger partial charge in [-0.1, -0.05) is 13.8 Å². The molecule has 1 fully saturated rings. The minimum atomic E-state index is -0.622. The SMILES string of the molecule is COC(=O)C(C)(CN1CCC(C)C(C)C1)NC(C)C. The molecule has 0 radical (unpaired) electrons. The van der Waals surface area contributed by atoms with Crippen LogP contribution in [-0.4, -0.2) is 49.2 Å². The van der Waals surface area contributed by atoms with Gasteiger partial charge in [-0.3, -0.25) is 10.1 Å². The van der Waals surface area contributed by atoms with E-state index >= 15 is 0 Å². The molecule has 4 nitrogen and oxygen atoms in total. The Kier molecular flexibility index (Phi) is 5.81. The minimum absolute atomic E-state index is 0.174. The van der Waals surface area contributed by atoms with Crippen molar-refractivity contribution in [1.82, 2.24) is 10.2 Å². The first-order chi connectivity index (χ1) is 8.78. The Balaban J connectivity index is 2.70. The van der Waals surface area contributed by atoms with Crippen LogP contribution in [0.15, 0.2) is 0 Å². The molecule has 0 aromatic heterocycles. The molecule has 0 bridgehead atoms. The molecule has 0 amide bonds. The van der Waals surface area contributed by atoms with Crippen LogP contribution >= 0.6 is 0 Å². The summed E-state index contributed by atoms with van der Waals surface area (Å²) in [6, 6.07) is 0.255. The topological polar surface area (TPSA) is 41.6 Å². The fraction of sp³-hybridized carbons (Fsp3) is 0.933. The van der Waals surface area contributed by atoms with Gasteiger partial charge in [0.2, 0.25) is 0 Å². The number of ether oxygens (including phenoxy) is 1. The maximum absolute atomic E-state index is 12.1. The van der Waals surface area contributed by atoms with Crippen molar-refractivity contribution < 1.29 is 9.53 Å². The molecular weight excluding hydrogens is 240 g/mol. The second kappa shape index (κ2) is 6.71. The first-order valence-corrected chi connectivity index (χ1v) is 7.37. The maximum atomic E-state index is 12.1. The van der Waals surface area contributed by atoms with Gasteiger partial charge in [0.15, 0.2) is 0 Å². The van der Waals surface area contributed by atoms with Gasteiger partial charge in [-0.05, 0) is 45.6 Å². The van der Waals surface area contributed by atoms with Gasteiger partial charge < -0.3 is 9.64 Å². The third-order valence-corrected chi connectivity index (χ3v) is 4.20. The zero-order valence-corrected chi connectivity index (χ0v) is 13.3. The average Bonchev–Trinajstić information content (AvgIpc) is 2.31. The molecule has 1 N–H and O–H groups in total. The van der Waals surface area contributed by atoms with Gasteiger partial charge in [-0.2, -0.15) is 0 Å². The van der Waals surface area contributed by atoms with E-state index in [0.717, 1.165) is 25.6 Å². The van der Waals surface area contributed by atoms with Crippen molar-refractivity contribution in [3.8, 4) is 0 Å². The van der Waals surface area contributed by atoms with Crippen LogP contribution in [0.5, 0.6) is 0 Å². The smallest absolute Gasteiger partial charge is 0.327 e. The zero-order chi connectivity index (χ0) is 14.6. The van der Waals surface area contributed by atoms with E-state index in [0.29, 0.717) is 5.92 Å². The number of nitrogens with zero attached hydrogens (tertiary/aromatic N) is 1. The van der Waals surface area contributed by atoms with Crippen molar-refractivity contribution in [1.29, 1.82) is 0 Å². The fourth-order valence-electron chi connectivity index (χ4n) is 2.97. The quantitative estimate of drug-likeness (QED) is 0.775. The van der Waals surface area contributed by atoms with E-state index in [-0.39, 0.29) is 12.0 Å². The summed E-state index contributed by atoms with van der Waals surface area (Å²) in [5.74, 6) is 1.29. The number of esters is 1. The van der Waals surface area contributed by atoms with E-state index in [1.54, 1.807) is 0 Å². The van der Waals surface area contributed by atoms with Crippen LogP contribution < -0.4 is 5.32 Å². The molecule has 1 heterocycles. The van der Waals surface area contributed by atoms with Gasteiger partial charge in [0.1, 0.15) is 5.54 Å². The summed E-state index contributed by atoms with van der Waals surface area (Å²) in [6.07, 6.45) is 1.21. The lowest BCUT2D eigenvalue weighted by Crippen LogP contribution is -2.60. The molecule has 3 atom stereocenters. The van der Waals surface area contributed by atoms with Crippen molar-refractivity contribution in [3.05, 3.63) is 0 Å². The number of hydrogen-bond donors (Lipinski definition) is 1. The molecule has 0 aromatic rings. The van der Waals surface area contributed by atoms with Crippen LogP contribution in [0.2, 0.25) is 0 Å². The van der Waals surface area contributed by atoms with Gasteiger partial charge in [-0.25, -0.2) is 0 Å². The molecule has 0 saturated carbocycles. The molecule has 1 aliphatic rings. The predicted molar refractivity (Wildman–Crippen MR) is 78.1 cm³/mol. The van der Waals surface area contributed by atoms with Gasteiger partial charge in [-0.15, -0.1) is 0 Å². The number of hydrogen-bond acceptors (Lipinski definition) is 4. The van der Waals surface area contributed by atoms with Crippen molar-refractivity contribution >= 4 is 5.97 Å². The third-order valence-electron chi connectivity index (χ3n) is 4.20. The number of rotatable bonds is 5. The van der Waals surface area contributed by atoms with Gasteiger partial charge >= 0.3 is 5.97 Å². The molecule has 1 rings (SSSR count). The molecule has 0 aromatic carbocycles. The second-order valence-corrected chi connectivity index (χ2v) is 6.60. The lowest BCUT2D eigenvalue weighted by molar-refractivity contribution is -0.149. The van der Waals surface area contributed by atoms with Crippen LogP contribution in [0, 0.1) is 11.8 Å². The Morgan fingerprint density at radius 3 is 2.53 bits per heavy atom. The summed E-state index contributed by atoms with van der Waals surface area (Å²) < 4.78 is 4.98. The molecule has 1 aliphatic heterocycles. The van der Waals surface area contributed by atoms with Crippen LogP contribution in [0.25, 0.3) is 0 Å². The highest BCUT2D eigenvalue weighted by atomic mass is 16.5. The number of likely N-dealkylation sites (tertiary alicyclic amines) is 1. The van der Waals surface area contributed by atoms with Crippen molar-refractivity contribution in [3.63, 3.8) is 0 Å². The molecule has 4 heteroatoms. The Morgan fingerprint density at radius 1 is 1.42 bits per heavy atom. The van der Waals surface area contributed by atoms with Gasteiger partial charge in [0, 0.05) is 19.1 Å². The van der Waals surface area contributed by atoms with Gasteiger partial charge in [0.05, 0.1) is 7.11 Å². The van der Waals surface area contributed by atoms with Crippen molar-refractivity contribution in [2.75, 3.05) is 26.7 Å². The Bertz CT molecular complexity index is 307. The van der Waals surface area contributed by atoms with Crippen molar-refractivity contribution in [2.45, 2.75) is 52.6 Å².